The van der Waals surface area contributed by atoms with E-state index in [2.05, 4.69) is 10.1 Å². The summed E-state index contributed by atoms with van der Waals surface area (Å²) >= 11 is 1.10. The summed E-state index contributed by atoms with van der Waals surface area (Å²) in [4.78, 5) is 27.8. The van der Waals surface area contributed by atoms with Gasteiger partial charge in [-0.05, 0) is 61.4 Å². The van der Waals surface area contributed by atoms with E-state index in [4.69, 9.17) is 4.42 Å². The summed E-state index contributed by atoms with van der Waals surface area (Å²) in [5.74, 6) is -1.22. The molecule has 0 aliphatic heterocycles. The largest absolute Gasteiger partial charge is 0.433 e. The molecule has 0 aliphatic rings. The van der Waals surface area contributed by atoms with Crippen LogP contribution in [0, 0.1) is 29.8 Å². The molecule has 0 unspecified atom stereocenters. The lowest BCUT2D eigenvalue weighted by molar-refractivity contribution is -0.402. The third kappa shape index (κ3) is 4.19. The first-order valence-electron chi connectivity index (χ1n) is 9.08. The summed E-state index contributed by atoms with van der Waals surface area (Å²) in [6.45, 7) is 3.83. The average molecular weight is 438 g/mol. The number of halogens is 1. The predicted molar refractivity (Wildman–Crippen MR) is 115 cm³/mol. The maximum Gasteiger partial charge on any atom is 0.433 e. The molecule has 0 radical (unpaired) electrons. The molecule has 4 rings (SSSR count). The quantitative estimate of drug-likeness (QED) is 0.241. The van der Waals surface area contributed by atoms with Crippen LogP contribution in [0.15, 0.2) is 58.0 Å². The topological polar surface area (TPSA) is 102 Å². The van der Waals surface area contributed by atoms with Gasteiger partial charge < -0.3 is 4.42 Å². The predicted octanol–water partition coefficient (Wildman–Crippen LogP) is 5.23. The fourth-order valence-electron chi connectivity index (χ4n) is 2.79. The van der Waals surface area contributed by atoms with Crippen molar-refractivity contribution in [3.8, 4) is 0 Å². The molecule has 0 saturated heterocycles. The van der Waals surface area contributed by atoms with Gasteiger partial charge in [-0.15, -0.1) is 0 Å². The van der Waals surface area contributed by atoms with Crippen LogP contribution in [-0.4, -0.2) is 22.0 Å². The first kappa shape index (κ1) is 20.4. The lowest BCUT2D eigenvalue weighted by atomic mass is 10.1. The van der Waals surface area contributed by atoms with Crippen molar-refractivity contribution in [2.24, 2.45) is 5.10 Å². The standard InChI is InChI=1S/C21H15FN4O4S/c1-12-3-4-14(9-13(12)2)20(27)25(23-11-16-6-8-19(30-16)26(28)29)21-24-17-7-5-15(22)10-18(17)31-21/h3-11H,1-2H3/b23-11+. The number of furan rings is 1. The SMILES string of the molecule is Cc1ccc(C(=O)N(/N=C/c2ccc([N+](=O)[O-])o2)c2nc3ccc(F)cc3s2)cc1C. The van der Waals surface area contributed by atoms with Gasteiger partial charge in [0.1, 0.15) is 10.7 Å². The fourth-order valence-corrected chi connectivity index (χ4v) is 3.73. The highest BCUT2D eigenvalue weighted by Gasteiger charge is 2.22. The molecular weight excluding hydrogens is 423 g/mol. The second-order valence-electron chi connectivity index (χ2n) is 6.70. The summed E-state index contributed by atoms with van der Waals surface area (Å²) in [5, 5.41) is 16.3. The Balaban J connectivity index is 1.76. The molecule has 2 aromatic carbocycles. The molecule has 4 aromatic rings. The number of amides is 1. The van der Waals surface area contributed by atoms with Crippen LogP contribution in [0.4, 0.5) is 15.4 Å². The zero-order chi connectivity index (χ0) is 22.1. The molecule has 0 atom stereocenters. The van der Waals surface area contributed by atoms with E-state index in [1.807, 2.05) is 19.9 Å². The number of hydrogen-bond donors (Lipinski definition) is 0. The van der Waals surface area contributed by atoms with Crippen molar-refractivity contribution in [3.63, 3.8) is 0 Å². The van der Waals surface area contributed by atoms with E-state index in [-0.39, 0.29) is 10.9 Å². The molecule has 0 spiro atoms. The number of thiazole rings is 1. The van der Waals surface area contributed by atoms with E-state index >= 15 is 0 Å². The zero-order valence-corrected chi connectivity index (χ0v) is 17.2. The fraction of sp³-hybridized carbons (Fsp3) is 0.0952. The molecule has 2 aromatic heterocycles. The van der Waals surface area contributed by atoms with Crippen molar-refractivity contribution in [2.45, 2.75) is 13.8 Å². The van der Waals surface area contributed by atoms with E-state index in [9.17, 15) is 19.3 Å². The van der Waals surface area contributed by atoms with Crippen LogP contribution in [0.3, 0.4) is 0 Å². The van der Waals surface area contributed by atoms with Crippen molar-refractivity contribution in [3.05, 3.63) is 86.9 Å². The van der Waals surface area contributed by atoms with Gasteiger partial charge in [0.15, 0.2) is 5.76 Å². The van der Waals surface area contributed by atoms with Gasteiger partial charge in [-0.2, -0.15) is 10.1 Å². The highest BCUT2D eigenvalue weighted by molar-refractivity contribution is 7.22. The molecule has 0 saturated carbocycles. The molecule has 0 aliphatic carbocycles. The van der Waals surface area contributed by atoms with Crippen LogP contribution in [0.1, 0.15) is 27.2 Å². The summed E-state index contributed by atoms with van der Waals surface area (Å²) in [7, 11) is 0. The minimum atomic E-state index is -0.669. The maximum absolute atomic E-state index is 13.6. The lowest BCUT2D eigenvalue weighted by Crippen LogP contribution is -2.25. The summed E-state index contributed by atoms with van der Waals surface area (Å²) in [6, 6.07) is 11.9. The smallest absolute Gasteiger partial charge is 0.400 e. The highest BCUT2D eigenvalue weighted by Crippen LogP contribution is 2.31. The van der Waals surface area contributed by atoms with Crippen molar-refractivity contribution in [1.29, 1.82) is 0 Å². The van der Waals surface area contributed by atoms with Crippen LogP contribution in [0.2, 0.25) is 0 Å². The van der Waals surface area contributed by atoms with Gasteiger partial charge in [0.25, 0.3) is 5.91 Å². The molecule has 2 heterocycles. The van der Waals surface area contributed by atoms with Gasteiger partial charge in [0.2, 0.25) is 5.13 Å². The first-order chi connectivity index (χ1) is 14.8. The summed E-state index contributed by atoms with van der Waals surface area (Å²) in [5.41, 5.74) is 2.87. The van der Waals surface area contributed by atoms with Crippen LogP contribution in [-0.2, 0) is 0 Å². The Bertz CT molecular complexity index is 1340. The Morgan fingerprint density at radius 2 is 2.00 bits per heavy atom. The van der Waals surface area contributed by atoms with Crippen molar-refractivity contribution < 1.29 is 18.5 Å². The van der Waals surface area contributed by atoms with Gasteiger partial charge in [-0.1, -0.05) is 17.4 Å². The van der Waals surface area contributed by atoms with E-state index in [1.165, 1.54) is 36.5 Å². The number of carbonyl (C=O) groups excluding carboxylic acids is 1. The summed E-state index contributed by atoms with van der Waals surface area (Å²) in [6.07, 6.45) is 1.19. The molecule has 1 amide bonds. The number of aryl methyl sites for hydroxylation is 2. The number of anilines is 1. The minimum absolute atomic E-state index is 0.0942. The Morgan fingerprint density at radius 3 is 2.71 bits per heavy atom. The van der Waals surface area contributed by atoms with Crippen molar-refractivity contribution in [1.82, 2.24) is 4.98 Å². The molecule has 31 heavy (non-hydrogen) atoms. The normalized spacial score (nSPS) is 11.3. The molecule has 10 heteroatoms. The van der Waals surface area contributed by atoms with E-state index in [0.717, 1.165) is 27.5 Å². The molecule has 0 bridgehead atoms. The molecule has 156 valence electrons. The van der Waals surface area contributed by atoms with Gasteiger partial charge >= 0.3 is 5.88 Å². The Morgan fingerprint density at radius 1 is 1.19 bits per heavy atom. The highest BCUT2D eigenvalue weighted by atomic mass is 32.1. The minimum Gasteiger partial charge on any atom is -0.400 e. The monoisotopic (exact) mass is 438 g/mol. The van der Waals surface area contributed by atoms with E-state index in [1.54, 1.807) is 12.1 Å². The Labute approximate surface area is 179 Å². The van der Waals surface area contributed by atoms with Crippen LogP contribution in [0.5, 0.6) is 0 Å². The van der Waals surface area contributed by atoms with E-state index < -0.39 is 22.5 Å². The van der Waals surface area contributed by atoms with E-state index in [0.29, 0.717) is 15.8 Å². The third-order valence-electron chi connectivity index (χ3n) is 4.56. The maximum atomic E-state index is 13.6. The number of nitrogens with zero attached hydrogens (tertiary/aromatic N) is 4. The number of carbonyl (C=O) groups is 1. The van der Waals surface area contributed by atoms with Crippen LogP contribution < -0.4 is 5.01 Å². The second kappa shape index (κ2) is 8.07. The van der Waals surface area contributed by atoms with Crippen molar-refractivity contribution >= 4 is 44.7 Å². The molecule has 0 fully saturated rings. The second-order valence-corrected chi connectivity index (χ2v) is 7.71. The van der Waals surface area contributed by atoms with Crippen LogP contribution >= 0.6 is 11.3 Å². The number of benzene rings is 2. The zero-order valence-electron chi connectivity index (χ0n) is 16.4. The van der Waals surface area contributed by atoms with Crippen LogP contribution in [0.25, 0.3) is 10.2 Å². The average Bonchev–Trinajstić information content (AvgIpc) is 3.37. The number of hydrazone groups is 1. The Hall–Kier alpha value is -3.92. The van der Waals surface area contributed by atoms with Gasteiger partial charge in [-0.25, -0.2) is 9.37 Å². The first-order valence-corrected chi connectivity index (χ1v) is 9.89. The van der Waals surface area contributed by atoms with Gasteiger partial charge in [-0.3, -0.25) is 14.9 Å². The lowest BCUT2D eigenvalue weighted by Gasteiger charge is -2.14. The molecule has 8 nitrogen and oxygen atoms in total. The number of rotatable bonds is 5. The number of nitro groups is 1. The van der Waals surface area contributed by atoms with Gasteiger partial charge in [0, 0.05) is 5.56 Å². The number of aromatic nitrogens is 1. The molecular formula is C21H15FN4O4S. The summed E-state index contributed by atoms with van der Waals surface area (Å²) < 4.78 is 19.2. The third-order valence-corrected chi connectivity index (χ3v) is 5.55. The Kier molecular flexibility index (Phi) is 5.30. The number of hydrogen-bond acceptors (Lipinski definition) is 7. The number of fused-ring (bicyclic) bond motifs is 1. The molecule has 0 N–H and O–H groups in total. The van der Waals surface area contributed by atoms with Crippen molar-refractivity contribution in [2.75, 3.05) is 5.01 Å². The van der Waals surface area contributed by atoms with Gasteiger partial charge in [0.05, 0.1) is 22.5 Å².